The van der Waals surface area contributed by atoms with Gasteiger partial charge in [-0.05, 0) is 30.7 Å². The van der Waals surface area contributed by atoms with E-state index < -0.39 is 5.97 Å². The molecule has 1 aromatic rings. The maximum Gasteiger partial charge on any atom is 0.336 e. The Labute approximate surface area is 101 Å². The number of carboxylic acids is 1. The number of rotatable bonds is 6. The smallest absolute Gasteiger partial charge is 0.336 e. The number of hydrogen-bond acceptors (Lipinski definition) is 2. The van der Waals surface area contributed by atoms with Crippen molar-refractivity contribution in [3.63, 3.8) is 0 Å². The second-order valence-electron chi connectivity index (χ2n) is 3.81. The van der Waals surface area contributed by atoms with E-state index in [1.165, 1.54) is 12.8 Å². The molecule has 0 unspecified atom stereocenters. The zero-order valence-electron chi connectivity index (χ0n) is 9.82. The molecule has 1 rings (SSSR count). The van der Waals surface area contributed by atoms with Gasteiger partial charge in [0.1, 0.15) is 0 Å². The zero-order valence-corrected chi connectivity index (χ0v) is 10.6. The summed E-state index contributed by atoms with van der Waals surface area (Å²) in [6.45, 7) is 4.13. The van der Waals surface area contributed by atoms with Gasteiger partial charge in [-0.25, -0.2) is 4.79 Å². The first-order valence-corrected chi connectivity index (χ1v) is 6.61. The summed E-state index contributed by atoms with van der Waals surface area (Å²) in [7, 11) is 0. The van der Waals surface area contributed by atoms with Crippen LogP contribution in [-0.2, 0) is 0 Å². The first kappa shape index (κ1) is 13.1. The van der Waals surface area contributed by atoms with E-state index in [2.05, 4.69) is 6.92 Å². The molecule has 0 spiro atoms. The molecular formula is C13H18O2S. The first-order chi connectivity index (χ1) is 7.66. The van der Waals surface area contributed by atoms with E-state index in [-0.39, 0.29) is 0 Å². The molecule has 2 nitrogen and oxygen atoms in total. The highest BCUT2D eigenvalue weighted by Gasteiger charge is 2.11. The quantitative estimate of drug-likeness (QED) is 0.601. The van der Waals surface area contributed by atoms with Crippen LogP contribution in [0, 0.1) is 6.92 Å². The number of carboxylic acid groups (broad SMARTS) is 1. The molecule has 0 aliphatic carbocycles. The van der Waals surface area contributed by atoms with Gasteiger partial charge in [0.15, 0.2) is 0 Å². The summed E-state index contributed by atoms with van der Waals surface area (Å²) in [5.41, 5.74) is 1.49. The molecule has 0 saturated heterocycles. The van der Waals surface area contributed by atoms with Gasteiger partial charge in [-0.15, -0.1) is 11.8 Å². The summed E-state index contributed by atoms with van der Waals surface area (Å²) in [5.74, 6) is 0.167. The Morgan fingerprint density at radius 2 is 2.12 bits per heavy atom. The second kappa shape index (κ2) is 6.59. The Bertz CT molecular complexity index is 361. The highest BCUT2D eigenvalue weighted by Crippen LogP contribution is 2.27. The van der Waals surface area contributed by atoms with Crippen molar-refractivity contribution < 1.29 is 9.90 Å². The molecule has 0 atom stereocenters. The van der Waals surface area contributed by atoms with Gasteiger partial charge in [0, 0.05) is 4.90 Å². The maximum atomic E-state index is 11.0. The van der Waals surface area contributed by atoms with Gasteiger partial charge in [0.25, 0.3) is 0 Å². The normalized spacial score (nSPS) is 10.4. The van der Waals surface area contributed by atoms with Crippen molar-refractivity contribution in [2.45, 2.75) is 38.0 Å². The lowest BCUT2D eigenvalue weighted by Crippen LogP contribution is -2.00. The number of thioether (sulfide) groups is 1. The third kappa shape index (κ3) is 3.56. The monoisotopic (exact) mass is 238 g/mol. The second-order valence-corrected chi connectivity index (χ2v) is 4.92. The van der Waals surface area contributed by atoms with Crippen LogP contribution in [0.4, 0.5) is 0 Å². The zero-order chi connectivity index (χ0) is 12.0. The Balaban J connectivity index is 2.73. The predicted octanol–water partition coefficient (Wildman–Crippen LogP) is 3.98. The fourth-order valence-electron chi connectivity index (χ4n) is 1.54. The Hall–Kier alpha value is -0.960. The molecular weight excluding hydrogens is 220 g/mol. The molecule has 0 saturated carbocycles. The molecule has 0 fully saturated rings. The van der Waals surface area contributed by atoms with Gasteiger partial charge in [-0.2, -0.15) is 0 Å². The Morgan fingerprint density at radius 1 is 1.38 bits per heavy atom. The number of aromatic carboxylic acids is 1. The molecule has 0 aromatic heterocycles. The fraction of sp³-hybridized carbons (Fsp3) is 0.462. The van der Waals surface area contributed by atoms with Gasteiger partial charge in [-0.3, -0.25) is 0 Å². The standard InChI is InChI=1S/C13H18O2S/c1-3-4-5-9-16-12-10(2)7-6-8-11(12)13(14)15/h6-8H,3-5,9H2,1-2H3,(H,14,15). The number of aryl methyl sites for hydroxylation is 1. The number of hydrogen-bond donors (Lipinski definition) is 1. The molecule has 0 aliphatic heterocycles. The maximum absolute atomic E-state index is 11.0. The first-order valence-electron chi connectivity index (χ1n) is 5.62. The summed E-state index contributed by atoms with van der Waals surface area (Å²) in [6.07, 6.45) is 3.55. The molecule has 1 aromatic carbocycles. The molecule has 0 heterocycles. The molecule has 0 amide bonds. The average Bonchev–Trinajstić information content (AvgIpc) is 2.25. The predicted molar refractivity (Wildman–Crippen MR) is 68.4 cm³/mol. The lowest BCUT2D eigenvalue weighted by molar-refractivity contribution is 0.0693. The number of benzene rings is 1. The summed E-state index contributed by atoms with van der Waals surface area (Å²) < 4.78 is 0. The molecule has 1 N–H and O–H groups in total. The minimum absolute atomic E-state index is 0.432. The molecule has 3 heteroatoms. The summed E-state index contributed by atoms with van der Waals surface area (Å²) in [4.78, 5) is 12.0. The van der Waals surface area contributed by atoms with Crippen LogP contribution in [0.3, 0.4) is 0 Å². The molecule has 0 radical (unpaired) electrons. The van der Waals surface area contributed by atoms with E-state index in [4.69, 9.17) is 5.11 Å². The van der Waals surface area contributed by atoms with Crippen molar-refractivity contribution in [3.8, 4) is 0 Å². The van der Waals surface area contributed by atoms with E-state index in [0.29, 0.717) is 5.56 Å². The van der Waals surface area contributed by atoms with Crippen molar-refractivity contribution in [1.82, 2.24) is 0 Å². The van der Waals surface area contributed by atoms with Crippen LogP contribution >= 0.6 is 11.8 Å². The summed E-state index contributed by atoms with van der Waals surface area (Å²) in [5, 5.41) is 9.08. The van der Waals surface area contributed by atoms with E-state index in [1.54, 1.807) is 23.9 Å². The van der Waals surface area contributed by atoms with Crippen LogP contribution < -0.4 is 0 Å². The van der Waals surface area contributed by atoms with Crippen LogP contribution in [-0.4, -0.2) is 16.8 Å². The minimum atomic E-state index is -0.832. The van der Waals surface area contributed by atoms with E-state index in [1.807, 2.05) is 13.0 Å². The largest absolute Gasteiger partial charge is 0.478 e. The van der Waals surface area contributed by atoms with E-state index in [9.17, 15) is 4.79 Å². The van der Waals surface area contributed by atoms with Crippen LogP contribution in [0.25, 0.3) is 0 Å². The van der Waals surface area contributed by atoms with Crippen LogP contribution in [0.2, 0.25) is 0 Å². The molecule has 0 aliphatic rings. The Kier molecular flexibility index (Phi) is 5.39. The van der Waals surface area contributed by atoms with E-state index in [0.717, 1.165) is 22.6 Å². The fourth-order valence-corrected chi connectivity index (χ4v) is 2.70. The summed E-state index contributed by atoms with van der Waals surface area (Å²) >= 11 is 1.66. The highest BCUT2D eigenvalue weighted by atomic mass is 32.2. The Morgan fingerprint density at radius 3 is 2.75 bits per heavy atom. The summed E-state index contributed by atoms with van der Waals surface area (Å²) in [6, 6.07) is 5.45. The topological polar surface area (TPSA) is 37.3 Å². The van der Waals surface area contributed by atoms with Crippen molar-refractivity contribution >= 4 is 17.7 Å². The van der Waals surface area contributed by atoms with Gasteiger partial charge in [-0.1, -0.05) is 31.9 Å². The number of unbranched alkanes of at least 4 members (excludes halogenated alkanes) is 2. The highest BCUT2D eigenvalue weighted by molar-refractivity contribution is 7.99. The van der Waals surface area contributed by atoms with Gasteiger partial charge >= 0.3 is 5.97 Å². The van der Waals surface area contributed by atoms with E-state index >= 15 is 0 Å². The third-order valence-electron chi connectivity index (χ3n) is 2.44. The van der Waals surface area contributed by atoms with Crippen LogP contribution in [0.15, 0.2) is 23.1 Å². The SMILES string of the molecule is CCCCCSc1c(C)cccc1C(=O)O. The van der Waals surface area contributed by atoms with Gasteiger partial charge in [0.2, 0.25) is 0 Å². The van der Waals surface area contributed by atoms with Gasteiger partial charge in [0.05, 0.1) is 5.56 Å². The van der Waals surface area contributed by atoms with Crippen LogP contribution in [0.5, 0.6) is 0 Å². The van der Waals surface area contributed by atoms with Crippen LogP contribution in [0.1, 0.15) is 42.1 Å². The van der Waals surface area contributed by atoms with Crippen molar-refractivity contribution in [2.24, 2.45) is 0 Å². The van der Waals surface area contributed by atoms with Gasteiger partial charge < -0.3 is 5.11 Å². The van der Waals surface area contributed by atoms with Crippen molar-refractivity contribution in [2.75, 3.05) is 5.75 Å². The lowest BCUT2D eigenvalue weighted by Gasteiger charge is -2.08. The third-order valence-corrected chi connectivity index (χ3v) is 3.76. The molecule has 16 heavy (non-hydrogen) atoms. The van der Waals surface area contributed by atoms with Crippen molar-refractivity contribution in [3.05, 3.63) is 29.3 Å². The number of carbonyl (C=O) groups is 1. The molecule has 0 bridgehead atoms. The minimum Gasteiger partial charge on any atom is -0.478 e. The lowest BCUT2D eigenvalue weighted by atomic mass is 10.1. The molecule has 88 valence electrons. The average molecular weight is 238 g/mol. The van der Waals surface area contributed by atoms with Crippen molar-refractivity contribution in [1.29, 1.82) is 0 Å².